The van der Waals surface area contributed by atoms with Crippen molar-refractivity contribution in [2.24, 2.45) is 10.9 Å². The number of hydrogen-bond acceptors (Lipinski definition) is 3. The summed E-state index contributed by atoms with van der Waals surface area (Å²) in [6.45, 7) is 6.04. The Labute approximate surface area is 209 Å². The SMILES string of the molecule is CN=C(NCC1(c2ccccc2)CCOCC1)N1CCC(COCc2ccccc2)C1.I. The maximum absolute atomic E-state index is 5.99. The number of halogens is 1. The molecule has 2 heterocycles. The molecule has 1 atom stereocenters. The first-order valence-electron chi connectivity index (χ1n) is 11.5. The van der Waals surface area contributed by atoms with Crippen LogP contribution in [0.1, 0.15) is 30.4 Å². The molecule has 2 aliphatic heterocycles. The molecule has 2 fully saturated rings. The number of benzene rings is 2. The quantitative estimate of drug-likeness (QED) is 0.315. The van der Waals surface area contributed by atoms with Crippen molar-refractivity contribution in [3.8, 4) is 0 Å². The number of hydrogen-bond donors (Lipinski definition) is 1. The average Bonchev–Trinajstić information content (AvgIpc) is 3.30. The van der Waals surface area contributed by atoms with Crippen LogP contribution in [-0.4, -0.2) is 57.4 Å². The molecule has 0 aromatic heterocycles. The van der Waals surface area contributed by atoms with Gasteiger partial charge >= 0.3 is 0 Å². The fourth-order valence-corrected chi connectivity index (χ4v) is 4.78. The number of aliphatic imine (C=N–C) groups is 1. The highest BCUT2D eigenvalue weighted by Gasteiger charge is 2.35. The van der Waals surface area contributed by atoms with E-state index in [9.17, 15) is 0 Å². The Morgan fingerprint density at radius 1 is 1.09 bits per heavy atom. The lowest BCUT2D eigenvalue weighted by atomic mass is 9.74. The predicted molar refractivity (Wildman–Crippen MR) is 141 cm³/mol. The van der Waals surface area contributed by atoms with Gasteiger partial charge in [0, 0.05) is 51.2 Å². The molecule has 2 aliphatic rings. The van der Waals surface area contributed by atoms with Gasteiger partial charge in [-0.2, -0.15) is 0 Å². The lowest BCUT2D eigenvalue weighted by Gasteiger charge is -2.39. The second-order valence-electron chi connectivity index (χ2n) is 8.76. The normalized spacial score (nSPS) is 20.6. The molecular weight excluding hydrogens is 513 g/mol. The van der Waals surface area contributed by atoms with Crippen LogP contribution < -0.4 is 5.32 Å². The van der Waals surface area contributed by atoms with Gasteiger partial charge in [-0.1, -0.05) is 60.7 Å². The zero-order valence-corrected chi connectivity index (χ0v) is 21.4. The predicted octanol–water partition coefficient (Wildman–Crippen LogP) is 4.47. The maximum atomic E-state index is 5.99. The molecule has 0 radical (unpaired) electrons. The summed E-state index contributed by atoms with van der Waals surface area (Å²) in [7, 11) is 1.89. The molecule has 2 aromatic rings. The number of rotatable bonds is 7. The first kappa shape index (κ1) is 25.0. The number of ether oxygens (including phenoxy) is 2. The number of nitrogens with zero attached hydrogens (tertiary/aromatic N) is 2. The molecule has 0 amide bonds. The van der Waals surface area contributed by atoms with E-state index < -0.39 is 0 Å². The van der Waals surface area contributed by atoms with Gasteiger partial charge in [0.15, 0.2) is 5.96 Å². The van der Waals surface area contributed by atoms with Crippen LogP contribution in [0.5, 0.6) is 0 Å². The van der Waals surface area contributed by atoms with E-state index in [-0.39, 0.29) is 29.4 Å². The van der Waals surface area contributed by atoms with Gasteiger partial charge in [0.05, 0.1) is 13.2 Å². The van der Waals surface area contributed by atoms with Crippen molar-refractivity contribution in [3.05, 3.63) is 71.8 Å². The van der Waals surface area contributed by atoms with Gasteiger partial charge in [-0.25, -0.2) is 0 Å². The Morgan fingerprint density at radius 3 is 2.47 bits per heavy atom. The van der Waals surface area contributed by atoms with Crippen molar-refractivity contribution in [3.63, 3.8) is 0 Å². The monoisotopic (exact) mass is 549 g/mol. The van der Waals surface area contributed by atoms with E-state index in [1.807, 2.05) is 13.1 Å². The summed E-state index contributed by atoms with van der Waals surface area (Å²) in [5.74, 6) is 1.56. The molecule has 0 bridgehead atoms. The van der Waals surface area contributed by atoms with Crippen LogP contribution in [0.25, 0.3) is 0 Å². The Kier molecular flexibility index (Phi) is 9.81. The molecule has 6 heteroatoms. The minimum Gasteiger partial charge on any atom is -0.381 e. The fourth-order valence-electron chi connectivity index (χ4n) is 4.78. The van der Waals surface area contributed by atoms with Crippen molar-refractivity contribution < 1.29 is 9.47 Å². The van der Waals surface area contributed by atoms with E-state index >= 15 is 0 Å². The summed E-state index contributed by atoms with van der Waals surface area (Å²) >= 11 is 0. The van der Waals surface area contributed by atoms with Crippen molar-refractivity contribution in [2.45, 2.75) is 31.3 Å². The highest BCUT2D eigenvalue weighted by atomic mass is 127. The second kappa shape index (κ2) is 12.6. The summed E-state index contributed by atoms with van der Waals surface area (Å²) in [5.41, 5.74) is 2.74. The van der Waals surface area contributed by atoms with Gasteiger partial charge in [-0.3, -0.25) is 4.99 Å². The molecule has 0 saturated carbocycles. The van der Waals surface area contributed by atoms with Gasteiger partial charge < -0.3 is 19.7 Å². The molecule has 0 spiro atoms. The lowest BCUT2D eigenvalue weighted by molar-refractivity contribution is 0.0511. The first-order valence-corrected chi connectivity index (χ1v) is 11.5. The van der Waals surface area contributed by atoms with Crippen molar-refractivity contribution >= 4 is 29.9 Å². The summed E-state index contributed by atoms with van der Waals surface area (Å²) < 4.78 is 11.7. The molecule has 174 valence electrons. The smallest absolute Gasteiger partial charge is 0.193 e. The highest BCUT2D eigenvalue weighted by molar-refractivity contribution is 14.0. The van der Waals surface area contributed by atoms with E-state index in [4.69, 9.17) is 9.47 Å². The van der Waals surface area contributed by atoms with E-state index in [0.717, 1.165) is 64.7 Å². The summed E-state index contributed by atoms with van der Waals surface area (Å²) in [6, 6.07) is 21.3. The van der Waals surface area contributed by atoms with Gasteiger partial charge in [0.25, 0.3) is 0 Å². The standard InChI is InChI=1S/C26H35N3O2.HI/c1-27-25(28-21-26(13-16-30-17-14-26)24-10-6-3-7-11-24)29-15-12-23(18-29)20-31-19-22-8-4-2-5-9-22;/h2-11,23H,12-21H2,1H3,(H,27,28);1H. The van der Waals surface area contributed by atoms with Crippen molar-refractivity contribution in [2.75, 3.05) is 46.5 Å². The van der Waals surface area contributed by atoms with E-state index in [1.165, 1.54) is 11.1 Å². The summed E-state index contributed by atoms with van der Waals surface area (Å²) in [5, 5.41) is 3.70. The Bertz CT molecular complexity index is 825. The maximum Gasteiger partial charge on any atom is 0.193 e. The van der Waals surface area contributed by atoms with E-state index in [0.29, 0.717) is 12.5 Å². The average molecular weight is 549 g/mol. The third kappa shape index (κ3) is 6.45. The molecule has 4 rings (SSSR count). The van der Waals surface area contributed by atoms with Crippen LogP contribution in [0, 0.1) is 5.92 Å². The summed E-state index contributed by atoms with van der Waals surface area (Å²) in [4.78, 5) is 6.98. The molecule has 2 aromatic carbocycles. The third-order valence-electron chi connectivity index (χ3n) is 6.68. The zero-order chi connectivity index (χ0) is 21.4. The van der Waals surface area contributed by atoms with E-state index in [2.05, 4.69) is 69.8 Å². The van der Waals surface area contributed by atoms with Gasteiger partial charge in [-0.15, -0.1) is 24.0 Å². The Hall–Kier alpha value is -1.64. The topological polar surface area (TPSA) is 46.1 Å². The van der Waals surface area contributed by atoms with Crippen LogP contribution in [0.4, 0.5) is 0 Å². The van der Waals surface area contributed by atoms with Crippen LogP contribution >= 0.6 is 24.0 Å². The van der Waals surface area contributed by atoms with Gasteiger partial charge in [0.2, 0.25) is 0 Å². The minimum atomic E-state index is 0. The molecule has 1 unspecified atom stereocenters. The molecule has 32 heavy (non-hydrogen) atoms. The number of nitrogens with one attached hydrogen (secondary N) is 1. The first-order chi connectivity index (χ1) is 15.3. The molecular formula is C26H36IN3O2. The summed E-state index contributed by atoms with van der Waals surface area (Å²) in [6.07, 6.45) is 3.22. The zero-order valence-electron chi connectivity index (χ0n) is 19.0. The number of likely N-dealkylation sites (tertiary alicyclic amines) is 1. The van der Waals surface area contributed by atoms with Gasteiger partial charge in [0.1, 0.15) is 0 Å². The van der Waals surface area contributed by atoms with E-state index in [1.54, 1.807) is 0 Å². The fraction of sp³-hybridized carbons (Fsp3) is 0.500. The Balaban J connectivity index is 0.00000289. The van der Waals surface area contributed by atoms with Crippen LogP contribution in [-0.2, 0) is 21.5 Å². The number of guanidine groups is 1. The van der Waals surface area contributed by atoms with Crippen LogP contribution in [0.3, 0.4) is 0 Å². The van der Waals surface area contributed by atoms with Crippen molar-refractivity contribution in [1.82, 2.24) is 10.2 Å². The highest BCUT2D eigenvalue weighted by Crippen LogP contribution is 2.34. The largest absolute Gasteiger partial charge is 0.381 e. The molecule has 2 saturated heterocycles. The van der Waals surface area contributed by atoms with Gasteiger partial charge in [-0.05, 0) is 30.4 Å². The minimum absolute atomic E-state index is 0. The molecule has 0 aliphatic carbocycles. The Morgan fingerprint density at radius 2 is 1.78 bits per heavy atom. The lowest BCUT2D eigenvalue weighted by Crippen LogP contribution is -2.49. The molecule has 1 N–H and O–H groups in total. The second-order valence-corrected chi connectivity index (χ2v) is 8.76. The van der Waals surface area contributed by atoms with Crippen LogP contribution in [0.2, 0.25) is 0 Å². The van der Waals surface area contributed by atoms with Crippen LogP contribution in [0.15, 0.2) is 65.7 Å². The third-order valence-corrected chi connectivity index (χ3v) is 6.68. The molecule has 5 nitrogen and oxygen atoms in total. The van der Waals surface area contributed by atoms with Crippen molar-refractivity contribution in [1.29, 1.82) is 0 Å².